The van der Waals surface area contributed by atoms with Gasteiger partial charge in [0.25, 0.3) is 4.45 Å². The average molecular weight is 121 g/mol. The maximum Gasteiger partial charge on any atom is 0.276 e. The third kappa shape index (κ3) is 4.24. The lowest BCUT2D eigenvalue weighted by molar-refractivity contribution is 0.277. The van der Waals surface area contributed by atoms with Gasteiger partial charge in [-0.1, -0.05) is 18.7 Å². The first kappa shape index (κ1) is 6.24. The van der Waals surface area contributed by atoms with Crippen LogP contribution in [-0.2, 0) is 0 Å². The Kier molecular flexibility index (Phi) is 3.57. The number of hydrogen-bond donors (Lipinski definition) is 0. The standard InChI is InChI=1S/C3H5OS2/c1-2-6-3(4)5/h2H2,1H3. The monoisotopic (exact) mass is 121 g/mol. The highest BCUT2D eigenvalue weighted by Gasteiger charge is 1.87. The summed E-state index contributed by atoms with van der Waals surface area (Å²) in [6, 6.07) is 0. The highest BCUT2D eigenvalue weighted by atomic mass is 32.2. The zero-order valence-corrected chi connectivity index (χ0v) is 5.06. The predicted molar refractivity (Wildman–Crippen MR) is 31.1 cm³/mol. The fourth-order valence-electron chi connectivity index (χ4n) is 0.118. The summed E-state index contributed by atoms with van der Waals surface area (Å²) in [4.78, 5) is 9.82. The molecule has 0 aromatic heterocycles. The van der Waals surface area contributed by atoms with Gasteiger partial charge in [-0.2, -0.15) is 0 Å². The summed E-state index contributed by atoms with van der Waals surface area (Å²) < 4.78 is -0.211. The molecule has 1 radical (unpaired) electrons. The quantitative estimate of drug-likeness (QED) is 0.528. The maximum absolute atomic E-state index is 9.82. The molecule has 0 aliphatic carbocycles. The molecule has 0 aliphatic heterocycles. The summed E-state index contributed by atoms with van der Waals surface area (Å²) in [5.74, 6) is 0.794. The largest absolute Gasteiger partial charge is 0.276 e. The van der Waals surface area contributed by atoms with Crippen LogP contribution >= 0.6 is 24.4 Å². The van der Waals surface area contributed by atoms with Crippen molar-refractivity contribution in [3.63, 3.8) is 0 Å². The van der Waals surface area contributed by atoms with Crippen molar-refractivity contribution in [1.82, 2.24) is 0 Å². The summed E-state index contributed by atoms with van der Waals surface area (Å²) in [5.41, 5.74) is 0. The van der Waals surface area contributed by atoms with Crippen molar-refractivity contribution in [3.05, 3.63) is 0 Å². The lowest BCUT2D eigenvalue weighted by Gasteiger charge is -1.78. The molecule has 0 spiro atoms. The van der Waals surface area contributed by atoms with Crippen LogP contribution in [0.25, 0.3) is 0 Å². The van der Waals surface area contributed by atoms with Crippen molar-refractivity contribution in [2.75, 3.05) is 5.75 Å². The molecule has 0 aromatic rings. The van der Waals surface area contributed by atoms with Crippen LogP contribution in [0, 0.1) is 0 Å². The Morgan fingerprint density at radius 1 is 2.00 bits per heavy atom. The van der Waals surface area contributed by atoms with E-state index in [-0.39, 0.29) is 4.45 Å². The summed E-state index contributed by atoms with van der Waals surface area (Å²) in [6.45, 7) is 1.90. The van der Waals surface area contributed by atoms with E-state index < -0.39 is 0 Å². The molecule has 35 valence electrons. The van der Waals surface area contributed by atoms with Gasteiger partial charge in [0.05, 0.1) is 0 Å². The van der Waals surface area contributed by atoms with Gasteiger partial charge in [-0.15, -0.1) is 0 Å². The highest BCUT2D eigenvalue weighted by Crippen LogP contribution is 2.03. The van der Waals surface area contributed by atoms with Crippen LogP contribution in [-0.4, -0.2) is 10.2 Å². The van der Waals surface area contributed by atoms with Crippen molar-refractivity contribution >= 4 is 28.8 Å². The minimum Gasteiger partial charge on any atom is -0.269 e. The molecule has 0 rings (SSSR count). The molecule has 0 unspecified atom stereocenters. The van der Waals surface area contributed by atoms with Crippen LogP contribution in [0.5, 0.6) is 0 Å². The van der Waals surface area contributed by atoms with Gasteiger partial charge in [0, 0.05) is 0 Å². The average Bonchev–Trinajstić information content (AvgIpc) is 1.35. The molecular weight excluding hydrogens is 116 g/mol. The van der Waals surface area contributed by atoms with E-state index in [4.69, 9.17) is 0 Å². The topological polar surface area (TPSA) is 17.1 Å². The van der Waals surface area contributed by atoms with Crippen molar-refractivity contribution < 1.29 is 4.79 Å². The first-order valence-corrected chi connectivity index (χ1v) is 3.00. The molecular formula is C3H5OS2. The zero-order chi connectivity index (χ0) is 4.99. The zero-order valence-electron chi connectivity index (χ0n) is 3.43. The van der Waals surface area contributed by atoms with E-state index in [1.807, 2.05) is 6.92 Å². The van der Waals surface area contributed by atoms with Crippen LogP contribution < -0.4 is 0 Å². The molecule has 0 N–H and O–H groups in total. The number of rotatable bonds is 1. The number of thioether (sulfide) groups is 1. The predicted octanol–water partition coefficient (Wildman–Crippen LogP) is 2.06. The van der Waals surface area contributed by atoms with Gasteiger partial charge in [-0.05, 0) is 18.4 Å². The van der Waals surface area contributed by atoms with Gasteiger partial charge in [0.2, 0.25) is 0 Å². The van der Waals surface area contributed by atoms with Crippen molar-refractivity contribution in [2.45, 2.75) is 6.92 Å². The second kappa shape index (κ2) is 3.43. The SMILES string of the molecule is CCSC(=O)[S]. The van der Waals surface area contributed by atoms with Gasteiger partial charge in [0.1, 0.15) is 0 Å². The second-order valence-corrected chi connectivity index (χ2v) is 2.55. The van der Waals surface area contributed by atoms with E-state index in [0.717, 1.165) is 17.5 Å². The minimum absolute atomic E-state index is 0.211. The first-order valence-electron chi connectivity index (χ1n) is 1.61. The van der Waals surface area contributed by atoms with E-state index in [0.29, 0.717) is 0 Å². The lowest BCUT2D eigenvalue weighted by Crippen LogP contribution is -1.70. The normalized spacial score (nSPS) is 8.17. The number of carbonyl (C=O) groups is 1. The molecule has 0 heterocycles. The number of hydrogen-bond acceptors (Lipinski definition) is 2. The van der Waals surface area contributed by atoms with E-state index in [2.05, 4.69) is 12.6 Å². The van der Waals surface area contributed by atoms with E-state index in [1.54, 1.807) is 0 Å². The van der Waals surface area contributed by atoms with Crippen LogP contribution in [0.4, 0.5) is 4.79 Å². The molecule has 1 nitrogen and oxygen atoms in total. The molecule has 0 amide bonds. The molecule has 0 aromatic carbocycles. The van der Waals surface area contributed by atoms with Crippen molar-refractivity contribution in [1.29, 1.82) is 0 Å². The molecule has 0 atom stereocenters. The Morgan fingerprint density at radius 3 is 2.50 bits per heavy atom. The summed E-state index contributed by atoms with van der Waals surface area (Å²) in [7, 11) is 0. The van der Waals surface area contributed by atoms with Crippen LogP contribution in [0.3, 0.4) is 0 Å². The fraction of sp³-hybridized carbons (Fsp3) is 0.667. The van der Waals surface area contributed by atoms with E-state index >= 15 is 0 Å². The van der Waals surface area contributed by atoms with Crippen molar-refractivity contribution in [3.8, 4) is 0 Å². The van der Waals surface area contributed by atoms with Gasteiger partial charge in [-0.3, -0.25) is 4.79 Å². The Hall–Kier alpha value is 0.240. The van der Waals surface area contributed by atoms with Crippen LogP contribution in [0.15, 0.2) is 0 Å². The molecule has 0 saturated heterocycles. The Morgan fingerprint density at radius 2 is 2.50 bits per heavy atom. The van der Waals surface area contributed by atoms with Crippen LogP contribution in [0.1, 0.15) is 6.92 Å². The maximum atomic E-state index is 9.82. The summed E-state index contributed by atoms with van der Waals surface area (Å²) in [5, 5.41) is 0. The number of carbonyl (C=O) groups excluding carboxylic acids is 1. The van der Waals surface area contributed by atoms with Crippen LogP contribution in [0.2, 0.25) is 0 Å². The van der Waals surface area contributed by atoms with Gasteiger partial charge < -0.3 is 0 Å². The van der Waals surface area contributed by atoms with Crippen molar-refractivity contribution in [2.24, 2.45) is 0 Å². The fourth-order valence-corrected chi connectivity index (χ4v) is 0.707. The minimum atomic E-state index is -0.211. The second-order valence-electron chi connectivity index (χ2n) is 0.683. The Labute approximate surface area is 46.9 Å². The molecule has 0 aliphatic rings. The lowest BCUT2D eigenvalue weighted by atomic mass is 11.0. The van der Waals surface area contributed by atoms with E-state index in [1.165, 1.54) is 0 Å². The van der Waals surface area contributed by atoms with Gasteiger partial charge >= 0.3 is 0 Å². The summed E-state index contributed by atoms with van der Waals surface area (Å²) in [6.07, 6.45) is 0. The Balaban J connectivity index is 2.83. The molecule has 0 fully saturated rings. The van der Waals surface area contributed by atoms with Gasteiger partial charge in [-0.25, -0.2) is 0 Å². The Bertz CT molecular complexity index is 52.8. The molecule has 0 bridgehead atoms. The van der Waals surface area contributed by atoms with E-state index in [9.17, 15) is 4.79 Å². The highest BCUT2D eigenvalue weighted by molar-refractivity contribution is 8.32. The first-order chi connectivity index (χ1) is 2.77. The molecule has 6 heavy (non-hydrogen) atoms. The third-order valence-corrected chi connectivity index (χ3v) is 1.14. The molecule has 3 heteroatoms. The smallest absolute Gasteiger partial charge is 0.269 e. The van der Waals surface area contributed by atoms with Gasteiger partial charge in [0.15, 0.2) is 0 Å². The third-order valence-electron chi connectivity index (χ3n) is 0.262. The molecule has 0 saturated carbocycles. The summed E-state index contributed by atoms with van der Waals surface area (Å²) >= 11 is 5.36.